The van der Waals surface area contributed by atoms with Gasteiger partial charge >= 0.3 is 0 Å². The topological polar surface area (TPSA) is 20.2 Å². The van der Waals surface area contributed by atoms with Crippen molar-refractivity contribution in [1.82, 2.24) is 0 Å². The van der Waals surface area contributed by atoms with Crippen LogP contribution < -0.4 is 12.4 Å². The molecule has 0 aromatic carbocycles. The summed E-state index contributed by atoms with van der Waals surface area (Å²) in [5.74, 6) is 0. The zero-order valence-electron chi connectivity index (χ0n) is 12.8. The zero-order chi connectivity index (χ0) is 13.0. The van der Waals surface area contributed by atoms with Crippen LogP contribution in [0.1, 0.15) is 65.7 Å². The third-order valence-electron chi connectivity index (χ3n) is 3.75. The van der Waals surface area contributed by atoms with Crippen LogP contribution in [0.15, 0.2) is 0 Å². The molecule has 0 rings (SSSR count). The number of aliphatic hydroxyl groups is 1. The van der Waals surface area contributed by atoms with Gasteiger partial charge in [-0.25, -0.2) is 0 Å². The molecule has 18 heavy (non-hydrogen) atoms. The predicted octanol–water partition coefficient (Wildman–Crippen LogP) is 0.590. The minimum atomic E-state index is 0. The number of aliphatic hydroxyl groups excluding tert-OH is 1. The fourth-order valence-corrected chi connectivity index (χ4v) is 2.56. The number of unbranched alkanes of at least 4 members (excludes halogenated alkanes) is 3. The molecule has 0 aromatic rings. The number of hydrogen-bond acceptors (Lipinski definition) is 1. The van der Waals surface area contributed by atoms with Crippen LogP contribution in [0, 0.1) is 0 Å². The van der Waals surface area contributed by atoms with E-state index in [-0.39, 0.29) is 12.4 Å². The molecule has 0 aliphatic rings. The number of rotatable bonds is 12. The van der Waals surface area contributed by atoms with Crippen molar-refractivity contribution in [3.8, 4) is 0 Å². The molecule has 0 saturated carbocycles. The van der Waals surface area contributed by atoms with E-state index in [1.807, 2.05) is 0 Å². The van der Waals surface area contributed by atoms with Crippen LogP contribution in [0.4, 0.5) is 0 Å². The fourth-order valence-electron chi connectivity index (χ4n) is 2.56. The Bertz CT molecular complexity index is 127. The third-order valence-corrected chi connectivity index (χ3v) is 3.75. The van der Waals surface area contributed by atoms with E-state index in [9.17, 15) is 0 Å². The van der Waals surface area contributed by atoms with Crippen molar-refractivity contribution in [2.45, 2.75) is 65.7 Å². The normalized spacial score (nSPS) is 11.3. The molecule has 0 amide bonds. The molecule has 112 valence electrons. The highest BCUT2D eigenvalue weighted by Crippen LogP contribution is 2.15. The highest BCUT2D eigenvalue weighted by Gasteiger charge is 2.24. The maximum atomic E-state index is 9.10. The summed E-state index contributed by atoms with van der Waals surface area (Å²) in [5, 5.41) is 9.10. The first-order valence-electron chi connectivity index (χ1n) is 7.70. The standard InChI is InChI=1S/C15H34NO.ClH/c1-4-7-11-16(12-8-5-2,13-9-6-3)14-10-15-17;/h17H,4-15H2,1-3H3;1H/q+1;/p-1. The first-order chi connectivity index (χ1) is 8.24. The number of halogens is 1. The van der Waals surface area contributed by atoms with E-state index in [4.69, 9.17) is 5.11 Å². The van der Waals surface area contributed by atoms with E-state index in [1.54, 1.807) is 0 Å². The van der Waals surface area contributed by atoms with Gasteiger partial charge in [0.05, 0.1) is 26.2 Å². The van der Waals surface area contributed by atoms with Crippen molar-refractivity contribution < 1.29 is 22.0 Å². The molecule has 0 bridgehead atoms. The first-order valence-corrected chi connectivity index (χ1v) is 7.70. The average Bonchev–Trinajstić information content (AvgIpc) is 2.37. The average molecular weight is 280 g/mol. The van der Waals surface area contributed by atoms with Gasteiger partial charge in [0.15, 0.2) is 0 Å². The molecule has 0 fully saturated rings. The number of quaternary nitrogens is 1. The van der Waals surface area contributed by atoms with Gasteiger partial charge in [0.25, 0.3) is 0 Å². The maximum Gasteiger partial charge on any atom is 0.0808 e. The van der Waals surface area contributed by atoms with Gasteiger partial charge in [-0.15, -0.1) is 0 Å². The predicted molar refractivity (Wildman–Crippen MR) is 76.2 cm³/mol. The van der Waals surface area contributed by atoms with Crippen LogP contribution >= 0.6 is 0 Å². The van der Waals surface area contributed by atoms with Gasteiger partial charge in [-0.1, -0.05) is 40.0 Å². The van der Waals surface area contributed by atoms with E-state index >= 15 is 0 Å². The van der Waals surface area contributed by atoms with Gasteiger partial charge < -0.3 is 22.0 Å². The summed E-state index contributed by atoms with van der Waals surface area (Å²) in [7, 11) is 0. The molecule has 0 atom stereocenters. The molecule has 0 aliphatic carbocycles. The molecule has 0 radical (unpaired) electrons. The van der Waals surface area contributed by atoms with Gasteiger partial charge in [0, 0.05) is 13.0 Å². The molecular weight excluding hydrogens is 246 g/mol. The lowest BCUT2D eigenvalue weighted by molar-refractivity contribution is -0.929. The molecular formula is C15H34ClNO. The minimum Gasteiger partial charge on any atom is -1.00 e. The van der Waals surface area contributed by atoms with Gasteiger partial charge in [0.2, 0.25) is 0 Å². The maximum absolute atomic E-state index is 9.10. The molecule has 0 heterocycles. The van der Waals surface area contributed by atoms with E-state index in [0.717, 1.165) is 6.42 Å². The molecule has 1 N–H and O–H groups in total. The van der Waals surface area contributed by atoms with Gasteiger partial charge in [0.1, 0.15) is 0 Å². The Balaban J connectivity index is 0. The van der Waals surface area contributed by atoms with Crippen LogP contribution in [0.25, 0.3) is 0 Å². The SMILES string of the molecule is CCCC[N+](CCCC)(CCCC)CCCO.[Cl-]. The summed E-state index contributed by atoms with van der Waals surface area (Å²) in [5.41, 5.74) is 0. The van der Waals surface area contributed by atoms with Crippen molar-refractivity contribution >= 4 is 0 Å². The third kappa shape index (κ3) is 9.18. The largest absolute Gasteiger partial charge is 1.00 e. The molecule has 2 nitrogen and oxygen atoms in total. The van der Waals surface area contributed by atoms with E-state index in [1.165, 1.54) is 69.2 Å². The Labute approximate surface area is 121 Å². The van der Waals surface area contributed by atoms with Crippen molar-refractivity contribution in [3.63, 3.8) is 0 Å². The smallest absolute Gasteiger partial charge is 0.0808 e. The van der Waals surface area contributed by atoms with Gasteiger partial charge in [-0.2, -0.15) is 0 Å². The van der Waals surface area contributed by atoms with Crippen LogP contribution in [0.5, 0.6) is 0 Å². The summed E-state index contributed by atoms with van der Waals surface area (Å²) in [6.07, 6.45) is 8.83. The van der Waals surface area contributed by atoms with Crippen LogP contribution in [0.3, 0.4) is 0 Å². The molecule has 0 spiro atoms. The number of nitrogens with zero attached hydrogens (tertiary/aromatic N) is 1. The van der Waals surface area contributed by atoms with Gasteiger partial charge in [-0.3, -0.25) is 0 Å². The fraction of sp³-hybridized carbons (Fsp3) is 1.00. The Morgan fingerprint density at radius 3 is 1.28 bits per heavy atom. The van der Waals surface area contributed by atoms with E-state index in [0.29, 0.717) is 6.61 Å². The van der Waals surface area contributed by atoms with Crippen LogP contribution in [-0.4, -0.2) is 42.4 Å². The van der Waals surface area contributed by atoms with E-state index in [2.05, 4.69) is 20.8 Å². The summed E-state index contributed by atoms with van der Waals surface area (Å²) < 4.78 is 1.26. The van der Waals surface area contributed by atoms with Crippen molar-refractivity contribution in [1.29, 1.82) is 0 Å². The lowest BCUT2D eigenvalue weighted by Gasteiger charge is -2.39. The van der Waals surface area contributed by atoms with Crippen molar-refractivity contribution in [2.24, 2.45) is 0 Å². The Morgan fingerprint density at radius 1 is 0.667 bits per heavy atom. The minimum absolute atomic E-state index is 0. The van der Waals surface area contributed by atoms with Crippen LogP contribution in [-0.2, 0) is 0 Å². The summed E-state index contributed by atoms with van der Waals surface area (Å²) in [6.45, 7) is 12.3. The summed E-state index contributed by atoms with van der Waals surface area (Å²) >= 11 is 0. The highest BCUT2D eigenvalue weighted by atomic mass is 35.5. The monoisotopic (exact) mass is 279 g/mol. The molecule has 0 aromatic heterocycles. The summed E-state index contributed by atoms with van der Waals surface area (Å²) in [6, 6.07) is 0. The molecule has 3 heteroatoms. The quantitative estimate of drug-likeness (QED) is 0.519. The summed E-state index contributed by atoms with van der Waals surface area (Å²) in [4.78, 5) is 0. The molecule has 0 unspecified atom stereocenters. The zero-order valence-corrected chi connectivity index (χ0v) is 13.5. The second-order valence-electron chi connectivity index (χ2n) is 5.37. The van der Waals surface area contributed by atoms with Gasteiger partial charge in [-0.05, 0) is 19.3 Å². The molecule has 0 saturated heterocycles. The highest BCUT2D eigenvalue weighted by molar-refractivity contribution is 4.49. The lowest BCUT2D eigenvalue weighted by Crippen LogP contribution is -3.00. The Kier molecular flexibility index (Phi) is 15.6. The van der Waals surface area contributed by atoms with E-state index < -0.39 is 0 Å². The van der Waals surface area contributed by atoms with Crippen LogP contribution in [0.2, 0.25) is 0 Å². The Hall–Kier alpha value is 0.210. The Morgan fingerprint density at radius 2 is 1.00 bits per heavy atom. The second-order valence-corrected chi connectivity index (χ2v) is 5.37. The lowest BCUT2D eigenvalue weighted by atomic mass is 10.1. The molecule has 0 aliphatic heterocycles. The number of hydrogen-bond donors (Lipinski definition) is 1. The van der Waals surface area contributed by atoms with Crippen molar-refractivity contribution in [3.05, 3.63) is 0 Å². The second kappa shape index (κ2) is 13.6. The van der Waals surface area contributed by atoms with Crippen molar-refractivity contribution in [2.75, 3.05) is 32.8 Å². The first kappa shape index (κ1) is 20.5.